The van der Waals surface area contributed by atoms with Gasteiger partial charge >= 0.3 is 5.97 Å². The van der Waals surface area contributed by atoms with E-state index in [1.807, 2.05) is 31.2 Å². The number of aliphatic carboxylic acids is 1. The van der Waals surface area contributed by atoms with Crippen LogP contribution in [-0.2, 0) is 14.4 Å². The number of amides is 1. The standard InChI is InChI=1S/C19H23NO5/c1-12-7-9-14(10-8-12)17-16(13(2)21)18(24)19(25)20(17)11-5-3-4-6-15(22)23/h7-10,17,24H,3-6,11H2,1-2H3,(H,22,23). The third kappa shape index (κ3) is 4.26. The Morgan fingerprint density at radius 2 is 1.76 bits per heavy atom. The highest BCUT2D eigenvalue weighted by atomic mass is 16.4. The topological polar surface area (TPSA) is 94.9 Å². The summed E-state index contributed by atoms with van der Waals surface area (Å²) < 4.78 is 0. The molecule has 1 amide bonds. The molecule has 0 aliphatic carbocycles. The summed E-state index contributed by atoms with van der Waals surface area (Å²) in [5.41, 5.74) is 1.96. The van der Waals surface area contributed by atoms with Crippen LogP contribution in [0, 0.1) is 6.92 Å². The maximum absolute atomic E-state index is 12.4. The SMILES string of the molecule is CC(=O)C1=C(O)C(=O)N(CCCCCC(=O)O)C1c1ccc(C)cc1. The molecule has 1 aromatic rings. The third-order valence-electron chi connectivity index (χ3n) is 4.37. The molecule has 1 heterocycles. The van der Waals surface area contributed by atoms with Gasteiger partial charge in [0.2, 0.25) is 0 Å². The Morgan fingerprint density at radius 1 is 1.12 bits per heavy atom. The fourth-order valence-electron chi connectivity index (χ4n) is 3.07. The van der Waals surface area contributed by atoms with E-state index in [-0.39, 0.29) is 17.8 Å². The van der Waals surface area contributed by atoms with Crippen molar-refractivity contribution in [1.82, 2.24) is 4.90 Å². The Balaban J connectivity index is 2.19. The van der Waals surface area contributed by atoms with Crippen molar-refractivity contribution in [2.45, 2.75) is 45.6 Å². The number of rotatable bonds is 8. The zero-order valence-corrected chi connectivity index (χ0v) is 14.5. The summed E-state index contributed by atoms with van der Waals surface area (Å²) >= 11 is 0. The highest BCUT2D eigenvalue weighted by Gasteiger charge is 2.41. The van der Waals surface area contributed by atoms with Crippen LogP contribution in [0.5, 0.6) is 0 Å². The number of benzene rings is 1. The third-order valence-corrected chi connectivity index (χ3v) is 4.37. The average Bonchev–Trinajstić information content (AvgIpc) is 2.80. The first-order valence-electron chi connectivity index (χ1n) is 8.36. The van der Waals surface area contributed by atoms with Crippen LogP contribution in [0.2, 0.25) is 0 Å². The minimum atomic E-state index is -0.840. The van der Waals surface area contributed by atoms with Gasteiger partial charge in [0.15, 0.2) is 11.5 Å². The maximum Gasteiger partial charge on any atom is 0.303 e. The number of carbonyl (C=O) groups excluding carboxylic acids is 2. The molecule has 1 unspecified atom stereocenters. The molecule has 0 radical (unpaired) electrons. The highest BCUT2D eigenvalue weighted by molar-refractivity contribution is 6.08. The van der Waals surface area contributed by atoms with Gasteiger partial charge in [0.05, 0.1) is 11.6 Å². The number of carbonyl (C=O) groups is 3. The number of hydrogen-bond donors (Lipinski definition) is 2. The Kier molecular flexibility index (Phi) is 5.96. The van der Waals surface area contributed by atoms with E-state index in [9.17, 15) is 19.5 Å². The second kappa shape index (κ2) is 7.96. The summed E-state index contributed by atoms with van der Waals surface area (Å²) in [7, 11) is 0. The van der Waals surface area contributed by atoms with Gasteiger partial charge in [-0.25, -0.2) is 0 Å². The Labute approximate surface area is 146 Å². The van der Waals surface area contributed by atoms with E-state index in [0.717, 1.165) is 11.1 Å². The lowest BCUT2D eigenvalue weighted by atomic mass is 9.96. The van der Waals surface area contributed by atoms with Crippen molar-refractivity contribution in [3.05, 3.63) is 46.7 Å². The quantitative estimate of drug-likeness (QED) is 0.706. The number of aryl methyl sites for hydroxylation is 1. The number of Topliss-reactive ketones (excluding diaryl/α,β-unsaturated/α-hetero) is 1. The van der Waals surface area contributed by atoms with Gasteiger partial charge in [0, 0.05) is 13.0 Å². The smallest absolute Gasteiger partial charge is 0.303 e. The molecule has 1 aromatic carbocycles. The first kappa shape index (κ1) is 18.7. The van der Waals surface area contributed by atoms with Crippen molar-refractivity contribution in [2.24, 2.45) is 0 Å². The van der Waals surface area contributed by atoms with Crippen LogP contribution in [-0.4, -0.2) is 39.3 Å². The van der Waals surface area contributed by atoms with E-state index in [1.165, 1.54) is 11.8 Å². The van der Waals surface area contributed by atoms with Gasteiger partial charge < -0.3 is 15.1 Å². The lowest BCUT2D eigenvalue weighted by Gasteiger charge is -2.26. The number of aliphatic hydroxyl groups excluding tert-OH is 1. The van der Waals surface area contributed by atoms with E-state index >= 15 is 0 Å². The second-order valence-corrected chi connectivity index (χ2v) is 6.33. The normalized spacial score (nSPS) is 17.3. The monoisotopic (exact) mass is 345 g/mol. The molecular formula is C19H23NO5. The Morgan fingerprint density at radius 3 is 2.32 bits per heavy atom. The molecule has 0 saturated carbocycles. The summed E-state index contributed by atoms with van der Waals surface area (Å²) in [6.45, 7) is 3.65. The van der Waals surface area contributed by atoms with Gasteiger partial charge in [-0.1, -0.05) is 36.2 Å². The van der Waals surface area contributed by atoms with Gasteiger partial charge in [-0.05, 0) is 32.3 Å². The molecule has 0 spiro atoms. The maximum atomic E-state index is 12.4. The molecule has 0 fully saturated rings. The molecular weight excluding hydrogens is 322 g/mol. The predicted octanol–water partition coefficient (Wildman–Crippen LogP) is 2.92. The highest BCUT2D eigenvalue weighted by Crippen LogP contribution is 2.37. The number of nitrogens with zero attached hydrogens (tertiary/aromatic N) is 1. The number of hydrogen-bond acceptors (Lipinski definition) is 4. The molecule has 134 valence electrons. The lowest BCUT2D eigenvalue weighted by molar-refractivity contribution is -0.137. The van der Waals surface area contributed by atoms with Crippen LogP contribution in [0.15, 0.2) is 35.6 Å². The van der Waals surface area contributed by atoms with Crippen molar-refractivity contribution in [3.8, 4) is 0 Å². The van der Waals surface area contributed by atoms with E-state index < -0.39 is 23.7 Å². The van der Waals surface area contributed by atoms with Gasteiger partial charge in [0.25, 0.3) is 5.91 Å². The van der Waals surface area contributed by atoms with E-state index in [2.05, 4.69) is 0 Å². The molecule has 6 nitrogen and oxygen atoms in total. The van der Waals surface area contributed by atoms with Gasteiger partial charge in [-0.2, -0.15) is 0 Å². The van der Waals surface area contributed by atoms with Crippen molar-refractivity contribution >= 4 is 17.7 Å². The van der Waals surface area contributed by atoms with Crippen LogP contribution in [0.4, 0.5) is 0 Å². The number of aliphatic hydroxyl groups is 1. The number of carboxylic acids is 1. The zero-order chi connectivity index (χ0) is 18.6. The minimum Gasteiger partial charge on any atom is -0.503 e. The molecule has 1 aliphatic rings. The molecule has 2 rings (SSSR count). The van der Waals surface area contributed by atoms with Crippen LogP contribution in [0.3, 0.4) is 0 Å². The first-order chi connectivity index (χ1) is 11.8. The molecule has 0 aromatic heterocycles. The van der Waals surface area contributed by atoms with Crippen LogP contribution >= 0.6 is 0 Å². The molecule has 25 heavy (non-hydrogen) atoms. The summed E-state index contributed by atoms with van der Waals surface area (Å²) in [6, 6.07) is 6.92. The van der Waals surface area contributed by atoms with Crippen LogP contribution in [0.1, 0.15) is 49.8 Å². The lowest BCUT2D eigenvalue weighted by Crippen LogP contribution is -2.32. The Hall–Kier alpha value is -2.63. The average molecular weight is 345 g/mol. The number of carboxylic acid groups (broad SMARTS) is 1. The number of unbranched alkanes of at least 4 members (excludes halogenated alkanes) is 2. The molecule has 6 heteroatoms. The second-order valence-electron chi connectivity index (χ2n) is 6.33. The van der Waals surface area contributed by atoms with E-state index in [4.69, 9.17) is 5.11 Å². The van der Waals surface area contributed by atoms with Gasteiger partial charge in [-0.3, -0.25) is 14.4 Å². The molecule has 1 aliphatic heterocycles. The summed E-state index contributed by atoms with van der Waals surface area (Å²) in [5.74, 6) is -2.20. The summed E-state index contributed by atoms with van der Waals surface area (Å²) in [5, 5.41) is 18.8. The fraction of sp³-hybridized carbons (Fsp3) is 0.421. The fourth-order valence-corrected chi connectivity index (χ4v) is 3.07. The predicted molar refractivity (Wildman–Crippen MR) is 92.1 cm³/mol. The van der Waals surface area contributed by atoms with Crippen molar-refractivity contribution in [2.75, 3.05) is 6.54 Å². The van der Waals surface area contributed by atoms with Gasteiger partial charge in [-0.15, -0.1) is 0 Å². The van der Waals surface area contributed by atoms with Crippen molar-refractivity contribution in [1.29, 1.82) is 0 Å². The molecule has 2 N–H and O–H groups in total. The summed E-state index contributed by atoms with van der Waals surface area (Å²) in [6.07, 6.45) is 1.90. The molecule has 0 saturated heterocycles. The summed E-state index contributed by atoms with van der Waals surface area (Å²) in [4.78, 5) is 36.5. The number of ketones is 1. The van der Waals surface area contributed by atoms with Gasteiger partial charge in [0.1, 0.15) is 0 Å². The van der Waals surface area contributed by atoms with Crippen LogP contribution < -0.4 is 0 Å². The van der Waals surface area contributed by atoms with Crippen molar-refractivity contribution in [3.63, 3.8) is 0 Å². The first-order valence-corrected chi connectivity index (χ1v) is 8.36. The van der Waals surface area contributed by atoms with E-state index in [1.54, 1.807) is 0 Å². The molecule has 1 atom stereocenters. The zero-order valence-electron chi connectivity index (χ0n) is 14.5. The molecule has 0 bridgehead atoms. The Bertz CT molecular complexity index is 705. The van der Waals surface area contributed by atoms with E-state index in [0.29, 0.717) is 25.8 Å². The van der Waals surface area contributed by atoms with Crippen molar-refractivity contribution < 1.29 is 24.6 Å². The largest absolute Gasteiger partial charge is 0.503 e. The minimum absolute atomic E-state index is 0.0948. The van der Waals surface area contributed by atoms with Crippen LogP contribution in [0.25, 0.3) is 0 Å².